The van der Waals surface area contributed by atoms with E-state index in [0.717, 1.165) is 41.7 Å². The highest BCUT2D eigenvalue weighted by Gasteiger charge is 2.37. The average molecular weight is 400 g/mol. The van der Waals surface area contributed by atoms with E-state index in [1.54, 1.807) is 25.1 Å². The standard InChI is InChI=1S/C24H29FO4/c1-6-22(26)28-21-10-9-20(15(4)16(21)5)27-14-18-12-19(25)11-17-13-24(7-2,8-3)29-23(17)18/h9-12H,6-8,13-14H2,1-5H3. The molecule has 0 unspecified atom stereocenters. The van der Waals surface area contributed by atoms with E-state index < -0.39 is 0 Å². The molecule has 0 saturated heterocycles. The van der Waals surface area contributed by atoms with Crippen molar-refractivity contribution in [1.82, 2.24) is 0 Å². The minimum atomic E-state index is -0.274. The van der Waals surface area contributed by atoms with Crippen molar-refractivity contribution in [2.45, 2.75) is 72.5 Å². The Morgan fingerprint density at radius 2 is 1.76 bits per heavy atom. The van der Waals surface area contributed by atoms with Gasteiger partial charge in [-0.25, -0.2) is 4.39 Å². The third kappa shape index (κ3) is 4.24. The van der Waals surface area contributed by atoms with Gasteiger partial charge in [-0.15, -0.1) is 0 Å². The lowest BCUT2D eigenvalue weighted by Gasteiger charge is -2.26. The summed E-state index contributed by atoms with van der Waals surface area (Å²) >= 11 is 0. The lowest BCUT2D eigenvalue weighted by atomic mass is 9.91. The Balaban J connectivity index is 1.82. The van der Waals surface area contributed by atoms with Crippen LogP contribution in [-0.4, -0.2) is 11.6 Å². The molecule has 0 spiro atoms. The second kappa shape index (κ2) is 8.44. The van der Waals surface area contributed by atoms with Crippen LogP contribution >= 0.6 is 0 Å². The largest absolute Gasteiger partial charge is 0.488 e. The van der Waals surface area contributed by atoms with E-state index >= 15 is 0 Å². The maximum absolute atomic E-state index is 14.2. The highest BCUT2D eigenvalue weighted by atomic mass is 19.1. The topological polar surface area (TPSA) is 44.8 Å². The Morgan fingerprint density at radius 3 is 2.41 bits per heavy atom. The van der Waals surface area contributed by atoms with Crippen molar-refractivity contribution in [3.8, 4) is 17.2 Å². The molecule has 0 bridgehead atoms. The molecule has 5 heteroatoms. The summed E-state index contributed by atoms with van der Waals surface area (Å²) in [4.78, 5) is 11.6. The smallest absolute Gasteiger partial charge is 0.310 e. The zero-order chi connectivity index (χ0) is 21.2. The predicted octanol–water partition coefficient (Wildman–Crippen LogP) is 5.83. The fourth-order valence-corrected chi connectivity index (χ4v) is 3.71. The molecule has 2 aromatic carbocycles. The summed E-state index contributed by atoms with van der Waals surface area (Å²) in [5.74, 6) is 1.41. The molecule has 1 aliphatic rings. The first-order valence-electron chi connectivity index (χ1n) is 10.3. The van der Waals surface area contributed by atoms with Crippen LogP contribution < -0.4 is 14.2 Å². The molecule has 4 nitrogen and oxygen atoms in total. The first kappa shape index (κ1) is 21.2. The van der Waals surface area contributed by atoms with E-state index in [1.807, 2.05) is 13.8 Å². The van der Waals surface area contributed by atoms with E-state index in [1.165, 1.54) is 6.07 Å². The van der Waals surface area contributed by atoms with Crippen molar-refractivity contribution in [1.29, 1.82) is 0 Å². The summed E-state index contributed by atoms with van der Waals surface area (Å²) in [6.07, 6.45) is 2.78. The number of rotatable bonds is 7. The van der Waals surface area contributed by atoms with Crippen LogP contribution in [0.3, 0.4) is 0 Å². The molecule has 0 amide bonds. The SMILES string of the molecule is CCC(=O)Oc1ccc(OCc2cc(F)cc3c2OC(CC)(CC)C3)c(C)c1C. The van der Waals surface area contributed by atoms with E-state index in [0.29, 0.717) is 23.5 Å². The highest BCUT2D eigenvalue weighted by molar-refractivity contribution is 5.72. The molecule has 0 aliphatic carbocycles. The monoisotopic (exact) mass is 400 g/mol. The van der Waals surface area contributed by atoms with Gasteiger partial charge in [0.1, 0.15) is 35.3 Å². The lowest BCUT2D eigenvalue weighted by molar-refractivity contribution is -0.134. The maximum atomic E-state index is 14.2. The Bertz CT molecular complexity index is 916. The van der Waals surface area contributed by atoms with Gasteiger partial charge in [0.15, 0.2) is 0 Å². The number of carbonyl (C=O) groups excluding carboxylic acids is 1. The van der Waals surface area contributed by atoms with E-state index in [-0.39, 0.29) is 24.0 Å². The van der Waals surface area contributed by atoms with Gasteiger partial charge in [-0.05, 0) is 62.1 Å². The van der Waals surface area contributed by atoms with Crippen LogP contribution in [0.1, 0.15) is 62.3 Å². The number of halogens is 1. The van der Waals surface area contributed by atoms with Gasteiger partial charge in [0.05, 0.1) is 0 Å². The first-order chi connectivity index (χ1) is 13.8. The minimum absolute atomic E-state index is 0.206. The quantitative estimate of drug-likeness (QED) is 0.433. The van der Waals surface area contributed by atoms with Crippen LogP contribution in [0.4, 0.5) is 4.39 Å². The molecule has 0 N–H and O–H groups in total. The van der Waals surface area contributed by atoms with Crippen molar-refractivity contribution in [2.75, 3.05) is 0 Å². The summed E-state index contributed by atoms with van der Waals surface area (Å²) in [7, 11) is 0. The number of hydrogen-bond acceptors (Lipinski definition) is 4. The molecule has 0 atom stereocenters. The van der Waals surface area contributed by atoms with Gasteiger partial charge in [0, 0.05) is 24.0 Å². The summed E-state index contributed by atoms with van der Waals surface area (Å²) < 4.78 is 31.9. The second-order valence-electron chi connectivity index (χ2n) is 7.65. The molecule has 1 aliphatic heterocycles. The average Bonchev–Trinajstić information content (AvgIpc) is 3.09. The third-order valence-corrected chi connectivity index (χ3v) is 5.91. The van der Waals surface area contributed by atoms with Gasteiger partial charge < -0.3 is 14.2 Å². The van der Waals surface area contributed by atoms with Crippen LogP contribution in [0.5, 0.6) is 17.2 Å². The summed E-state index contributed by atoms with van der Waals surface area (Å²) in [5.41, 5.74) is 3.09. The number of benzene rings is 2. The molecule has 0 radical (unpaired) electrons. The van der Waals surface area contributed by atoms with Crippen LogP contribution in [0.15, 0.2) is 24.3 Å². The fourth-order valence-electron chi connectivity index (χ4n) is 3.71. The van der Waals surface area contributed by atoms with Crippen LogP contribution in [0, 0.1) is 19.7 Å². The molecule has 3 rings (SSSR count). The summed E-state index contributed by atoms with van der Waals surface area (Å²) in [6.45, 7) is 9.97. The Hall–Kier alpha value is -2.56. The van der Waals surface area contributed by atoms with Crippen LogP contribution in [0.25, 0.3) is 0 Å². The predicted molar refractivity (Wildman–Crippen MR) is 110 cm³/mol. The Morgan fingerprint density at radius 1 is 1.10 bits per heavy atom. The van der Waals surface area contributed by atoms with Gasteiger partial charge in [-0.1, -0.05) is 20.8 Å². The van der Waals surface area contributed by atoms with E-state index in [4.69, 9.17) is 14.2 Å². The molecule has 29 heavy (non-hydrogen) atoms. The minimum Gasteiger partial charge on any atom is -0.488 e. The van der Waals surface area contributed by atoms with Crippen molar-refractivity contribution in [2.24, 2.45) is 0 Å². The number of hydrogen-bond donors (Lipinski definition) is 0. The van der Waals surface area contributed by atoms with Crippen LogP contribution in [0.2, 0.25) is 0 Å². The van der Waals surface area contributed by atoms with Crippen molar-refractivity contribution < 1.29 is 23.4 Å². The van der Waals surface area contributed by atoms with Crippen molar-refractivity contribution in [3.05, 3.63) is 52.3 Å². The Labute approximate surface area is 172 Å². The molecular weight excluding hydrogens is 371 g/mol. The third-order valence-electron chi connectivity index (χ3n) is 5.91. The molecular formula is C24H29FO4. The molecule has 2 aromatic rings. The van der Waals surface area contributed by atoms with Gasteiger partial charge in [0.2, 0.25) is 0 Å². The van der Waals surface area contributed by atoms with Crippen LogP contribution in [-0.2, 0) is 17.8 Å². The van der Waals surface area contributed by atoms with Gasteiger partial charge in [-0.2, -0.15) is 0 Å². The number of esters is 1. The second-order valence-corrected chi connectivity index (χ2v) is 7.65. The Kier molecular flexibility index (Phi) is 6.15. The number of ether oxygens (including phenoxy) is 3. The van der Waals surface area contributed by atoms with Crippen molar-refractivity contribution in [3.63, 3.8) is 0 Å². The van der Waals surface area contributed by atoms with Gasteiger partial charge in [0.25, 0.3) is 0 Å². The zero-order valence-corrected chi connectivity index (χ0v) is 17.9. The zero-order valence-electron chi connectivity index (χ0n) is 17.9. The lowest BCUT2D eigenvalue weighted by Crippen LogP contribution is -2.32. The maximum Gasteiger partial charge on any atom is 0.310 e. The molecule has 1 heterocycles. The molecule has 0 fully saturated rings. The fraction of sp³-hybridized carbons (Fsp3) is 0.458. The first-order valence-corrected chi connectivity index (χ1v) is 10.3. The highest BCUT2D eigenvalue weighted by Crippen LogP contribution is 2.42. The number of carbonyl (C=O) groups is 1. The van der Waals surface area contributed by atoms with Gasteiger partial charge in [-0.3, -0.25) is 4.79 Å². The van der Waals surface area contributed by atoms with E-state index in [2.05, 4.69) is 13.8 Å². The van der Waals surface area contributed by atoms with Gasteiger partial charge >= 0.3 is 5.97 Å². The van der Waals surface area contributed by atoms with E-state index in [9.17, 15) is 9.18 Å². The summed E-state index contributed by atoms with van der Waals surface area (Å²) in [5, 5.41) is 0. The number of fused-ring (bicyclic) bond motifs is 1. The molecule has 0 saturated carbocycles. The molecule has 0 aromatic heterocycles. The molecule has 156 valence electrons. The van der Waals surface area contributed by atoms with Crippen molar-refractivity contribution >= 4 is 5.97 Å². The normalized spacial score (nSPS) is 14.3. The summed E-state index contributed by atoms with van der Waals surface area (Å²) in [6, 6.07) is 6.57.